The van der Waals surface area contributed by atoms with E-state index in [2.05, 4.69) is 204 Å². The summed E-state index contributed by atoms with van der Waals surface area (Å²) in [6.45, 7) is 0. The number of anilines is 6. The third-order valence-electron chi connectivity index (χ3n) is 10.8. The summed E-state index contributed by atoms with van der Waals surface area (Å²) in [5, 5.41) is 7.23. The van der Waals surface area contributed by atoms with Crippen molar-refractivity contribution in [3.05, 3.63) is 206 Å². The van der Waals surface area contributed by atoms with Crippen LogP contribution in [-0.4, -0.2) is 0 Å². The van der Waals surface area contributed by atoms with Gasteiger partial charge in [0.1, 0.15) is 11.2 Å². The maximum atomic E-state index is 6.32. The molecule has 3 nitrogen and oxygen atoms in total. The summed E-state index contributed by atoms with van der Waals surface area (Å²) >= 11 is 1.85. The molecule has 9 aromatic carbocycles. The minimum atomic E-state index is 0.876. The van der Waals surface area contributed by atoms with Gasteiger partial charge in [0, 0.05) is 70.8 Å². The Hall–Kier alpha value is -7.14. The second-order valence-electron chi connectivity index (χ2n) is 14.1. The highest BCUT2D eigenvalue weighted by Crippen LogP contribution is 2.45. The lowest BCUT2D eigenvalue weighted by molar-refractivity contribution is 0.669. The van der Waals surface area contributed by atoms with E-state index < -0.39 is 0 Å². The Labute approximate surface area is 328 Å². The van der Waals surface area contributed by atoms with Crippen LogP contribution in [0.5, 0.6) is 0 Å². The van der Waals surface area contributed by atoms with E-state index in [0.717, 1.165) is 61.6 Å². The van der Waals surface area contributed by atoms with Crippen LogP contribution in [-0.2, 0) is 0 Å². The molecule has 0 saturated carbocycles. The number of para-hydroxylation sites is 3. The molecular formula is C52H34N2OS. The van der Waals surface area contributed by atoms with E-state index in [1.807, 2.05) is 23.5 Å². The normalized spacial score (nSPS) is 11.6. The largest absolute Gasteiger partial charge is 0.456 e. The topological polar surface area (TPSA) is 19.6 Å². The summed E-state index contributed by atoms with van der Waals surface area (Å²) in [5.41, 5.74) is 10.7. The smallest absolute Gasteiger partial charge is 0.137 e. The molecule has 0 unspecified atom stereocenters. The standard InChI is InChI=1S/C52H34N2OS/c1-3-13-36(14-4-1)53(40-27-29-45-44-19-9-11-21-49(44)55-50(45)34-40)38-25-23-35(24-26-38)41-30-31-48(43-18-8-7-17-42(41)43)54(37-15-5-2-6-16-37)39-28-32-52-47(33-39)46-20-10-12-22-51(46)56-52/h1-34H. The van der Waals surface area contributed by atoms with Gasteiger partial charge < -0.3 is 14.2 Å². The number of hydrogen-bond donors (Lipinski definition) is 0. The molecule has 0 saturated heterocycles. The quantitative estimate of drug-likeness (QED) is 0.163. The summed E-state index contributed by atoms with van der Waals surface area (Å²) in [6, 6.07) is 73.9. The highest BCUT2D eigenvalue weighted by atomic mass is 32.1. The molecule has 0 N–H and O–H groups in total. The van der Waals surface area contributed by atoms with Gasteiger partial charge in [0.25, 0.3) is 0 Å². The van der Waals surface area contributed by atoms with Crippen molar-refractivity contribution in [3.63, 3.8) is 0 Å². The lowest BCUT2D eigenvalue weighted by atomic mass is 9.96. The first-order valence-corrected chi connectivity index (χ1v) is 19.7. The first-order chi connectivity index (χ1) is 27.8. The average Bonchev–Trinajstić information content (AvgIpc) is 3.83. The van der Waals surface area contributed by atoms with E-state index in [1.54, 1.807) is 0 Å². The van der Waals surface area contributed by atoms with Gasteiger partial charge in [-0.25, -0.2) is 0 Å². The van der Waals surface area contributed by atoms with Crippen molar-refractivity contribution in [2.45, 2.75) is 0 Å². The van der Waals surface area contributed by atoms with Crippen LogP contribution in [0, 0.1) is 0 Å². The molecule has 11 aromatic rings. The highest BCUT2D eigenvalue weighted by molar-refractivity contribution is 7.25. The van der Waals surface area contributed by atoms with Crippen LogP contribution in [0.15, 0.2) is 211 Å². The zero-order chi connectivity index (χ0) is 37.0. The number of hydrogen-bond acceptors (Lipinski definition) is 4. The second kappa shape index (κ2) is 13.3. The van der Waals surface area contributed by atoms with Gasteiger partial charge in [0.2, 0.25) is 0 Å². The predicted octanol–water partition coefficient (Wildman–Crippen LogP) is 15.7. The van der Waals surface area contributed by atoms with Crippen LogP contribution < -0.4 is 9.80 Å². The minimum absolute atomic E-state index is 0.876. The molecule has 2 heterocycles. The van der Waals surface area contributed by atoms with E-state index in [-0.39, 0.29) is 0 Å². The third kappa shape index (κ3) is 5.42. The van der Waals surface area contributed by atoms with Gasteiger partial charge in [-0.05, 0) is 101 Å². The van der Waals surface area contributed by atoms with Gasteiger partial charge in [-0.3, -0.25) is 0 Å². The fourth-order valence-corrected chi connectivity index (χ4v) is 9.34. The maximum Gasteiger partial charge on any atom is 0.137 e. The second-order valence-corrected chi connectivity index (χ2v) is 15.2. The van der Waals surface area contributed by atoms with E-state index in [4.69, 9.17) is 4.42 Å². The van der Waals surface area contributed by atoms with E-state index in [9.17, 15) is 0 Å². The molecule has 0 aliphatic carbocycles. The summed E-state index contributed by atoms with van der Waals surface area (Å²) in [4.78, 5) is 4.69. The van der Waals surface area contributed by atoms with Crippen molar-refractivity contribution < 1.29 is 4.42 Å². The number of nitrogens with zero attached hydrogens (tertiary/aromatic N) is 2. The lowest BCUT2D eigenvalue weighted by Gasteiger charge is -2.28. The molecule has 0 spiro atoms. The average molecular weight is 735 g/mol. The number of thiophene rings is 1. The molecule has 0 aliphatic heterocycles. The molecule has 0 radical (unpaired) electrons. The SMILES string of the molecule is c1ccc(N(c2ccc(-c3ccc(N(c4ccccc4)c4ccc5sc6ccccc6c5c4)c4ccccc34)cc2)c2ccc3c(c2)oc2ccccc23)cc1. The lowest BCUT2D eigenvalue weighted by Crippen LogP contribution is -2.10. The van der Waals surface area contributed by atoms with Gasteiger partial charge in [-0.1, -0.05) is 115 Å². The monoisotopic (exact) mass is 734 g/mol. The zero-order valence-corrected chi connectivity index (χ0v) is 31.2. The van der Waals surface area contributed by atoms with Gasteiger partial charge in [0.15, 0.2) is 0 Å². The number of benzene rings is 9. The molecule has 56 heavy (non-hydrogen) atoms. The van der Waals surface area contributed by atoms with Crippen molar-refractivity contribution in [2.24, 2.45) is 0 Å². The Bertz CT molecular complexity index is 3200. The molecule has 264 valence electrons. The fraction of sp³-hybridized carbons (Fsp3) is 0. The summed E-state index contributed by atoms with van der Waals surface area (Å²) in [6.07, 6.45) is 0. The highest BCUT2D eigenvalue weighted by Gasteiger charge is 2.20. The van der Waals surface area contributed by atoms with Crippen molar-refractivity contribution in [3.8, 4) is 11.1 Å². The fourth-order valence-electron chi connectivity index (χ4n) is 8.26. The first kappa shape index (κ1) is 32.3. The van der Waals surface area contributed by atoms with Gasteiger partial charge >= 0.3 is 0 Å². The molecule has 0 atom stereocenters. The Morgan fingerprint density at radius 1 is 0.321 bits per heavy atom. The number of fused-ring (bicyclic) bond motifs is 7. The molecule has 4 heteroatoms. The number of furan rings is 1. The van der Waals surface area contributed by atoms with Gasteiger partial charge in [-0.2, -0.15) is 0 Å². The zero-order valence-electron chi connectivity index (χ0n) is 30.3. The van der Waals surface area contributed by atoms with Crippen LogP contribution in [0.2, 0.25) is 0 Å². The van der Waals surface area contributed by atoms with Gasteiger partial charge in [0.05, 0.1) is 5.69 Å². The third-order valence-corrected chi connectivity index (χ3v) is 12.0. The molecule has 0 fully saturated rings. The van der Waals surface area contributed by atoms with Crippen molar-refractivity contribution >= 4 is 98.3 Å². The van der Waals surface area contributed by atoms with Crippen molar-refractivity contribution in [1.82, 2.24) is 0 Å². The first-order valence-electron chi connectivity index (χ1n) is 18.9. The Balaban J connectivity index is 1.01. The Morgan fingerprint density at radius 2 is 0.875 bits per heavy atom. The van der Waals surface area contributed by atoms with Crippen LogP contribution in [0.1, 0.15) is 0 Å². The van der Waals surface area contributed by atoms with E-state index in [0.29, 0.717) is 0 Å². The molecular weight excluding hydrogens is 701 g/mol. The summed E-state index contributed by atoms with van der Waals surface area (Å²) in [5.74, 6) is 0. The molecule has 0 aliphatic rings. The molecule has 0 amide bonds. The van der Waals surface area contributed by atoms with Crippen molar-refractivity contribution in [1.29, 1.82) is 0 Å². The maximum absolute atomic E-state index is 6.32. The van der Waals surface area contributed by atoms with Gasteiger partial charge in [-0.15, -0.1) is 11.3 Å². The summed E-state index contributed by atoms with van der Waals surface area (Å²) < 4.78 is 8.93. The summed E-state index contributed by atoms with van der Waals surface area (Å²) in [7, 11) is 0. The Kier molecular flexibility index (Phi) is 7.68. The van der Waals surface area contributed by atoms with Crippen LogP contribution in [0.4, 0.5) is 34.1 Å². The minimum Gasteiger partial charge on any atom is -0.456 e. The van der Waals surface area contributed by atoms with Crippen LogP contribution >= 0.6 is 11.3 Å². The van der Waals surface area contributed by atoms with Crippen LogP contribution in [0.25, 0.3) is 64.0 Å². The Morgan fingerprint density at radius 3 is 1.66 bits per heavy atom. The molecule has 11 rings (SSSR count). The van der Waals surface area contributed by atoms with Crippen molar-refractivity contribution in [2.75, 3.05) is 9.80 Å². The predicted molar refractivity (Wildman–Crippen MR) is 239 cm³/mol. The van der Waals surface area contributed by atoms with E-state index in [1.165, 1.54) is 36.5 Å². The molecule has 0 bridgehead atoms. The number of rotatable bonds is 7. The van der Waals surface area contributed by atoms with E-state index >= 15 is 0 Å². The molecule has 2 aromatic heterocycles. The van der Waals surface area contributed by atoms with Crippen LogP contribution in [0.3, 0.4) is 0 Å².